The van der Waals surface area contributed by atoms with Gasteiger partial charge in [0.2, 0.25) is 0 Å². The Morgan fingerprint density at radius 3 is 2.07 bits per heavy atom. The molecule has 28 heavy (non-hydrogen) atoms. The first-order valence-electron chi connectivity index (χ1n) is 9.77. The van der Waals surface area contributed by atoms with Crippen molar-refractivity contribution in [2.75, 3.05) is 13.2 Å². The summed E-state index contributed by atoms with van der Waals surface area (Å²) in [7, 11) is 0. The molecule has 2 aromatic rings. The van der Waals surface area contributed by atoms with E-state index in [1.54, 1.807) is 0 Å². The number of rotatable bonds is 12. The van der Waals surface area contributed by atoms with E-state index >= 15 is 0 Å². The standard InChI is InChI=1S/C24H30O4/c1-19-6-10-22(11-7-19)14-15-24(25)26-16-4-5-17-27-28-21(3)18-23-12-8-20(2)9-13-23/h6-13H,3-5,14-18H2,1-2H3. The quantitative estimate of drug-likeness (QED) is 0.165. The molecule has 0 saturated heterocycles. The van der Waals surface area contributed by atoms with Crippen LogP contribution in [-0.2, 0) is 32.1 Å². The molecular weight excluding hydrogens is 352 g/mol. The fraction of sp³-hybridized carbons (Fsp3) is 0.375. The molecule has 0 unspecified atom stereocenters. The fourth-order valence-corrected chi connectivity index (χ4v) is 2.61. The number of hydrogen-bond donors (Lipinski definition) is 0. The highest BCUT2D eigenvalue weighted by molar-refractivity contribution is 5.69. The monoisotopic (exact) mass is 382 g/mol. The van der Waals surface area contributed by atoms with E-state index in [1.165, 1.54) is 11.1 Å². The highest BCUT2D eigenvalue weighted by Gasteiger charge is 2.04. The Morgan fingerprint density at radius 2 is 1.43 bits per heavy atom. The van der Waals surface area contributed by atoms with E-state index in [9.17, 15) is 4.79 Å². The summed E-state index contributed by atoms with van der Waals surface area (Å²) < 4.78 is 5.25. The Bertz CT molecular complexity index is 732. The van der Waals surface area contributed by atoms with Crippen LogP contribution in [-0.4, -0.2) is 19.2 Å². The van der Waals surface area contributed by atoms with Crippen LogP contribution in [0.4, 0.5) is 0 Å². The molecule has 2 aromatic carbocycles. The van der Waals surface area contributed by atoms with Gasteiger partial charge in [-0.25, -0.2) is 0 Å². The number of benzene rings is 2. The molecule has 0 heterocycles. The van der Waals surface area contributed by atoms with E-state index in [1.807, 2.05) is 19.1 Å². The Balaban J connectivity index is 1.46. The van der Waals surface area contributed by atoms with Crippen molar-refractivity contribution in [3.05, 3.63) is 83.1 Å². The lowest BCUT2D eigenvalue weighted by Crippen LogP contribution is -2.08. The first-order chi connectivity index (χ1) is 13.5. The summed E-state index contributed by atoms with van der Waals surface area (Å²) in [4.78, 5) is 22.1. The summed E-state index contributed by atoms with van der Waals surface area (Å²) in [6.07, 6.45) is 3.23. The molecule has 4 heteroatoms. The Kier molecular flexibility index (Phi) is 9.29. The number of allylic oxidation sites excluding steroid dienone is 1. The summed E-state index contributed by atoms with van der Waals surface area (Å²) in [5.41, 5.74) is 4.73. The molecule has 0 N–H and O–H groups in total. The van der Waals surface area contributed by atoms with E-state index < -0.39 is 0 Å². The van der Waals surface area contributed by atoms with Gasteiger partial charge in [-0.05, 0) is 44.2 Å². The first-order valence-corrected chi connectivity index (χ1v) is 9.77. The van der Waals surface area contributed by atoms with Crippen LogP contribution in [0.2, 0.25) is 0 Å². The molecule has 2 rings (SSSR count). The van der Waals surface area contributed by atoms with E-state index in [2.05, 4.69) is 49.9 Å². The largest absolute Gasteiger partial charge is 0.466 e. The van der Waals surface area contributed by atoms with Crippen LogP contribution in [0.3, 0.4) is 0 Å². The minimum absolute atomic E-state index is 0.163. The zero-order valence-corrected chi connectivity index (χ0v) is 16.9. The van der Waals surface area contributed by atoms with Crippen molar-refractivity contribution < 1.29 is 19.3 Å². The van der Waals surface area contributed by atoms with Crippen molar-refractivity contribution in [2.45, 2.75) is 46.0 Å². The summed E-state index contributed by atoms with van der Waals surface area (Å²) >= 11 is 0. The third kappa shape index (κ3) is 8.87. The average molecular weight is 383 g/mol. The summed E-state index contributed by atoms with van der Waals surface area (Å²) in [6.45, 7) is 8.81. The van der Waals surface area contributed by atoms with Gasteiger partial charge in [-0.15, -0.1) is 0 Å². The highest BCUT2D eigenvalue weighted by atomic mass is 17.2. The van der Waals surface area contributed by atoms with E-state index in [-0.39, 0.29) is 5.97 Å². The molecule has 0 fully saturated rings. The highest BCUT2D eigenvalue weighted by Crippen LogP contribution is 2.10. The van der Waals surface area contributed by atoms with Crippen LogP contribution < -0.4 is 0 Å². The van der Waals surface area contributed by atoms with Gasteiger partial charge in [-0.3, -0.25) is 4.79 Å². The van der Waals surface area contributed by atoms with Gasteiger partial charge in [-0.1, -0.05) is 66.2 Å². The van der Waals surface area contributed by atoms with Gasteiger partial charge in [0, 0.05) is 12.8 Å². The van der Waals surface area contributed by atoms with Crippen molar-refractivity contribution in [3.63, 3.8) is 0 Å². The number of ether oxygens (including phenoxy) is 1. The van der Waals surface area contributed by atoms with E-state index in [4.69, 9.17) is 14.5 Å². The first kappa shape index (κ1) is 21.7. The molecule has 0 aliphatic heterocycles. The van der Waals surface area contributed by atoms with Crippen LogP contribution in [0.25, 0.3) is 0 Å². The predicted molar refractivity (Wildman–Crippen MR) is 111 cm³/mol. The number of esters is 1. The number of hydrogen-bond acceptors (Lipinski definition) is 4. The van der Waals surface area contributed by atoms with Crippen molar-refractivity contribution >= 4 is 5.97 Å². The average Bonchev–Trinajstić information content (AvgIpc) is 2.68. The summed E-state index contributed by atoms with van der Waals surface area (Å²) in [5.74, 6) is 0.413. The molecule has 4 nitrogen and oxygen atoms in total. The number of carbonyl (C=O) groups excluding carboxylic acids is 1. The molecule has 0 atom stereocenters. The molecular formula is C24H30O4. The van der Waals surface area contributed by atoms with E-state index in [0.29, 0.717) is 38.2 Å². The van der Waals surface area contributed by atoms with Gasteiger partial charge in [0.15, 0.2) is 0 Å². The maximum absolute atomic E-state index is 11.8. The molecule has 150 valence electrons. The maximum Gasteiger partial charge on any atom is 0.306 e. The van der Waals surface area contributed by atoms with Gasteiger partial charge in [0.05, 0.1) is 13.2 Å². The van der Waals surface area contributed by atoms with Crippen LogP contribution in [0.5, 0.6) is 0 Å². The van der Waals surface area contributed by atoms with Crippen molar-refractivity contribution in [2.24, 2.45) is 0 Å². The normalized spacial score (nSPS) is 10.5. The molecule has 0 bridgehead atoms. The van der Waals surface area contributed by atoms with Crippen LogP contribution >= 0.6 is 0 Å². The third-order valence-corrected chi connectivity index (χ3v) is 4.32. The van der Waals surface area contributed by atoms with Crippen LogP contribution in [0.1, 0.15) is 41.5 Å². The van der Waals surface area contributed by atoms with Gasteiger partial charge in [0.1, 0.15) is 5.76 Å². The van der Waals surface area contributed by atoms with Gasteiger partial charge < -0.3 is 9.62 Å². The minimum Gasteiger partial charge on any atom is -0.466 e. The van der Waals surface area contributed by atoms with Gasteiger partial charge >= 0.3 is 5.97 Å². The second-order valence-electron chi connectivity index (χ2n) is 7.02. The van der Waals surface area contributed by atoms with E-state index in [0.717, 1.165) is 24.0 Å². The van der Waals surface area contributed by atoms with Gasteiger partial charge in [0.25, 0.3) is 0 Å². The lowest BCUT2D eigenvalue weighted by Gasteiger charge is -2.08. The van der Waals surface area contributed by atoms with Crippen LogP contribution in [0, 0.1) is 13.8 Å². The van der Waals surface area contributed by atoms with Crippen LogP contribution in [0.15, 0.2) is 60.9 Å². The maximum atomic E-state index is 11.8. The SMILES string of the molecule is C=C(Cc1ccc(C)cc1)OOCCCCOC(=O)CCc1ccc(C)cc1. The topological polar surface area (TPSA) is 44.8 Å². The number of unbranched alkanes of at least 4 members (excludes halogenated alkanes) is 1. The Morgan fingerprint density at radius 1 is 0.857 bits per heavy atom. The summed E-state index contributed by atoms with van der Waals surface area (Å²) in [6, 6.07) is 16.4. The van der Waals surface area contributed by atoms with Gasteiger partial charge in [-0.2, -0.15) is 4.89 Å². The zero-order chi connectivity index (χ0) is 20.2. The number of aryl methyl sites for hydroxylation is 3. The Labute approximate surface area is 168 Å². The lowest BCUT2D eigenvalue weighted by molar-refractivity contribution is -0.263. The molecule has 0 saturated carbocycles. The predicted octanol–water partition coefficient (Wildman–Crippen LogP) is 5.26. The lowest BCUT2D eigenvalue weighted by atomic mass is 10.1. The van der Waals surface area contributed by atoms with Crippen molar-refractivity contribution in [3.8, 4) is 0 Å². The molecule has 0 aromatic heterocycles. The molecule has 0 spiro atoms. The smallest absolute Gasteiger partial charge is 0.306 e. The van der Waals surface area contributed by atoms with Crippen molar-refractivity contribution in [1.29, 1.82) is 0 Å². The zero-order valence-electron chi connectivity index (χ0n) is 16.9. The Hall–Kier alpha value is -2.59. The number of carbonyl (C=O) groups is 1. The van der Waals surface area contributed by atoms with Crippen molar-refractivity contribution in [1.82, 2.24) is 0 Å². The molecule has 0 radical (unpaired) electrons. The second kappa shape index (κ2) is 12.0. The summed E-state index contributed by atoms with van der Waals surface area (Å²) in [5, 5.41) is 0. The second-order valence-corrected chi connectivity index (χ2v) is 7.02. The minimum atomic E-state index is -0.163. The molecule has 0 aliphatic carbocycles. The molecule has 0 amide bonds. The fourth-order valence-electron chi connectivity index (χ4n) is 2.61. The molecule has 0 aliphatic rings. The third-order valence-electron chi connectivity index (χ3n) is 4.32.